The van der Waals surface area contributed by atoms with Crippen LogP contribution in [0, 0.1) is 185 Å². The number of benzene rings is 2. The minimum atomic E-state index is -0.879. The van der Waals surface area contributed by atoms with Crippen molar-refractivity contribution in [2.45, 2.75) is 46.6 Å². The Morgan fingerprint density at radius 3 is 1.84 bits per heavy atom. The Kier molecular flexibility index (Phi) is 21.2. The van der Waals surface area contributed by atoms with Crippen molar-refractivity contribution >= 4 is 17.0 Å². The first-order valence-corrected chi connectivity index (χ1v) is 18.4. The molecule has 5 rings (SSSR count). The van der Waals surface area contributed by atoms with Crippen molar-refractivity contribution in [2.75, 3.05) is 18.5 Å². The molecule has 3 heterocycles. The van der Waals surface area contributed by atoms with Crippen LogP contribution in [-0.4, -0.2) is 39.4 Å². The van der Waals surface area contributed by atoms with E-state index in [1.807, 2.05) is 32.0 Å². The topological polar surface area (TPSA) is 206 Å². The maximum absolute atomic E-state index is 9.46. The van der Waals surface area contributed by atoms with Crippen LogP contribution < -0.4 is 16.7 Å². The molecule has 5 N–H and O–H groups in total. The molecule has 1 saturated heterocycles. The first-order chi connectivity index (χ1) is 31.2. The van der Waals surface area contributed by atoms with Gasteiger partial charge in [-0.15, -0.1) is 6.42 Å². The highest BCUT2D eigenvalue weighted by Crippen LogP contribution is 2.37. The summed E-state index contributed by atoms with van der Waals surface area (Å²) in [7, 11) is 0. The molecule has 14 heteroatoms. The third-order valence-electron chi connectivity index (χ3n) is 7.76. The molecule has 0 aliphatic carbocycles. The van der Waals surface area contributed by atoms with E-state index < -0.39 is 5.03 Å². The maximum Gasteiger partial charge on any atom is 0.201 e. The highest BCUT2D eigenvalue weighted by atomic mass is 16.7. The Morgan fingerprint density at radius 1 is 0.844 bits per heavy atom. The van der Waals surface area contributed by atoms with Crippen LogP contribution in [0.5, 0.6) is 0 Å². The number of terminal acetylenes is 1. The average molecular weight is 857 g/mol. The number of anilines is 1. The fourth-order valence-electron chi connectivity index (χ4n) is 5.20. The molecular formula is C50H52N10O4. The summed E-state index contributed by atoms with van der Waals surface area (Å²) in [5, 5.41) is 30.7. The smallest absolute Gasteiger partial charge is 0.201 e. The van der Waals surface area contributed by atoms with Gasteiger partial charge in [0.1, 0.15) is 5.76 Å². The van der Waals surface area contributed by atoms with Gasteiger partial charge in [-0.25, -0.2) is 4.98 Å². The van der Waals surface area contributed by atoms with Gasteiger partial charge in [-0.2, -0.15) is 5.26 Å². The molecule has 2 aromatic heterocycles. The molecule has 14 nitrogen and oxygen atoms in total. The van der Waals surface area contributed by atoms with Gasteiger partial charge in [-0.05, 0) is 176 Å². The number of aromatic nitrogens is 3. The number of imidazole rings is 1. The Morgan fingerprint density at radius 2 is 1.39 bits per heavy atom. The zero-order valence-corrected chi connectivity index (χ0v) is 34.8. The fourth-order valence-corrected chi connectivity index (χ4v) is 5.20. The number of aromatic amines is 1. The molecule has 0 atom stereocenters. The molecule has 1 aliphatic heterocycles. The summed E-state index contributed by atoms with van der Waals surface area (Å²) in [6.07, 6.45) is 6.82. The summed E-state index contributed by atoms with van der Waals surface area (Å²) >= 11 is 0. The van der Waals surface area contributed by atoms with Gasteiger partial charge in [-0.3, -0.25) is 5.84 Å². The van der Waals surface area contributed by atoms with Gasteiger partial charge in [0.05, 0.1) is 38.6 Å². The van der Waals surface area contributed by atoms with Crippen LogP contribution in [0.25, 0.3) is 33.3 Å². The highest BCUT2D eigenvalue weighted by molar-refractivity contribution is 5.98. The summed E-state index contributed by atoms with van der Waals surface area (Å²) in [4.78, 5) is 17.6. The second-order valence-electron chi connectivity index (χ2n) is 12.0. The molecule has 0 bridgehead atoms. The van der Waals surface area contributed by atoms with Crippen LogP contribution in [-0.2, 0) is 4.74 Å². The van der Waals surface area contributed by atoms with Gasteiger partial charge in [0.2, 0.25) is 5.95 Å². The Hall–Kier alpha value is -10.3. The van der Waals surface area contributed by atoms with Crippen LogP contribution >= 0.6 is 0 Å². The van der Waals surface area contributed by atoms with Gasteiger partial charge in [0, 0.05) is 85.7 Å². The SMILES string of the molecule is C#CC#CC#CC#CC#CC#CC#CC#CC#CC#CC#CC#CC.Cc1ccc(C#N)cc1-c1cc(-c2c(C)noc2C)cc2[nH]c(NC3CCOCC3)nc12.NN=NN[N+](=O)[O-].[HH].[HH].[HH].[HH].[HH].[HH].[HH].[HH].[HH].[HH]. The third-order valence-corrected chi connectivity index (χ3v) is 7.76. The lowest BCUT2D eigenvalue weighted by molar-refractivity contribution is -0.546. The van der Waals surface area contributed by atoms with Crippen molar-refractivity contribution in [3.8, 4) is 171 Å². The van der Waals surface area contributed by atoms with Crippen molar-refractivity contribution in [3.05, 3.63) is 63.0 Å². The number of nitrogens with two attached hydrogens (primary N) is 1. The number of fused-ring (bicyclic) bond motifs is 1. The zero-order valence-electron chi connectivity index (χ0n) is 34.8. The number of hydrogen-bond donors (Lipinski definition) is 4. The molecule has 1 aliphatic rings. The van der Waals surface area contributed by atoms with Crippen molar-refractivity contribution in [3.63, 3.8) is 0 Å². The molecule has 0 radical (unpaired) electrons. The van der Waals surface area contributed by atoms with E-state index in [2.05, 4.69) is 193 Å². The first kappa shape index (κ1) is 48.1. The van der Waals surface area contributed by atoms with Gasteiger partial charge in [0.15, 0.2) is 5.22 Å². The molecule has 1 fully saturated rings. The van der Waals surface area contributed by atoms with E-state index in [0.29, 0.717) is 11.6 Å². The van der Waals surface area contributed by atoms with E-state index in [0.717, 1.165) is 82.3 Å². The number of nitriles is 1. The lowest BCUT2D eigenvalue weighted by atomic mass is 9.93. The number of aryl methyl sites for hydroxylation is 3. The largest absolute Gasteiger partial charge is 0.381 e. The number of nitro groups is 1. The minimum Gasteiger partial charge on any atom is -0.381 e. The monoisotopic (exact) mass is 856 g/mol. The van der Waals surface area contributed by atoms with Crippen LogP contribution in [0.2, 0.25) is 0 Å². The lowest BCUT2D eigenvalue weighted by Gasteiger charge is -2.22. The molecule has 4 aromatic rings. The second-order valence-corrected chi connectivity index (χ2v) is 12.0. The molecule has 2 aromatic carbocycles. The summed E-state index contributed by atoms with van der Waals surface area (Å²) in [5.74, 6) is 62.8. The van der Waals surface area contributed by atoms with E-state index in [1.165, 1.54) is 5.53 Å². The van der Waals surface area contributed by atoms with Crippen molar-refractivity contribution in [2.24, 2.45) is 16.3 Å². The average Bonchev–Trinajstić information content (AvgIpc) is 3.87. The van der Waals surface area contributed by atoms with Crippen LogP contribution in [0.15, 0.2) is 45.3 Å². The number of hydrazine groups is 1. The third kappa shape index (κ3) is 17.3. The summed E-state index contributed by atoms with van der Waals surface area (Å²) in [6, 6.07) is 12.6. The van der Waals surface area contributed by atoms with Crippen LogP contribution in [0.1, 0.15) is 56.6 Å². The number of nitrogens with zero attached hydrogens (tertiary/aromatic N) is 6. The Bertz CT molecular complexity index is 3270. The predicted molar refractivity (Wildman–Crippen MR) is 264 cm³/mol. The summed E-state index contributed by atoms with van der Waals surface area (Å²) < 4.78 is 10.9. The molecule has 326 valence electrons. The van der Waals surface area contributed by atoms with E-state index in [4.69, 9.17) is 20.7 Å². The number of nitrogens with one attached hydrogen (secondary N) is 3. The Balaban J connectivity index is -0.000000158. The van der Waals surface area contributed by atoms with Gasteiger partial charge >= 0.3 is 0 Å². The number of H-pyrrole nitrogens is 1. The number of ether oxygens (including phenoxy) is 1. The van der Waals surface area contributed by atoms with Gasteiger partial charge in [-0.1, -0.05) is 17.1 Å². The first-order valence-electron chi connectivity index (χ1n) is 18.4. The Labute approximate surface area is 386 Å². The lowest BCUT2D eigenvalue weighted by Crippen LogP contribution is -2.28. The van der Waals surface area contributed by atoms with E-state index in [-0.39, 0.29) is 14.3 Å². The standard InChI is InChI=1S/C25H25N5O2.C25H4.H3N5O2.10H2/c1-14-4-5-17(13-26)10-20(14)21-11-18(23-15(2)30-32-16(23)3)12-22-24(21)29-25(28-22)27-19-6-8-31-9-7-19;1-3-5-7-9-11-13-15-17-19-21-23-25-24-22-20-18-16-14-12-10-8-6-4-2;1-2-3-4-5(6)7;;;;;;;;;;/h4-5,10-12,19H,6-9H2,1-3H3,(H2,27,28,29);1H,2H3;(H2,1,3)(H,2,4);10*1H. The second kappa shape index (κ2) is 28.2. The highest BCUT2D eigenvalue weighted by Gasteiger charge is 2.20. The van der Waals surface area contributed by atoms with Crippen molar-refractivity contribution < 1.29 is 28.6 Å². The van der Waals surface area contributed by atoms with E-state index in [9.17, 15) is 15.4 Å². The van der Waals surface area contributed by atoms with Crippen molar-refractivity contribution in [1.29, 1.82) is 5.26 Å². The zero-order chi connectivity index (χ0) is 46.2. The van der Waals surface area contributed by atoms with Gasteiger partial charge < -0.3 is 29.7 Å². The molecular weight excluding hydrogens is 805 g/mol. The quantitative estimate of drug-likeness (QED) is 0.0497. The fraction of sp³-hybridized carbons (Fsp3) is 0.180. The molecule has 0 saturated carbocycles. The van der Waals surface area contributed by atoms with Crippen LogP contribution in [0.4, 0.5) is 5.95 Å². The number of rotatable bonds is 6. The van der Waals surface area contributed by atoms with Crippen LogP contribution in [0.3, 0.4) is 0 Å². The van der Waals surface area contributed by atoms with E-state index >= 15 is 0 Å². The van der Waals surface area contributed by atoms with Gasteiger partial charge in [0.25, 0.3) is 0 Å². The minimum absolute atomic E-state index is 0. The molecule has 0 spiro atoms. The predicted octanol–water partition coefficient (Wildman–Crippen LogP) is 7.42. The maximum atomic E-state index is 9.46. The normalized spacial score (nSPS) is 9.78. The number of hydrogen-bond acceptors (Lipinski definition) is 10. The summed E-state index contributed by atoms with van der Waals surface area (Å²) in [5.41, 5.74) is 9.65. The van der Waals surface area contributed by atoms with E-state index in [1.54, 1.807) is 6.92 Å². The molecule has 0 unspecified atom stereocenters. The van der Waals surface area contributed by atoms with Crippen molar-refractivity contribution in [1.82, 2.24) is 20.7 Å². The molecule has 64 heavy (non-hydrogen) atoms. The molecule has 0 amide bonds. The summed E-state index contributed by atoms with van der Waals surface area (Å²) in [6.45, 7) is 9.15.